The van der Waals surface area contributed by atoms with E-state index < -0.39 is 0 Å². The molecule has 0 radical (unpaired) electrons. The molecule has 1 spiro atoms. The topological polar surface area (TPSA) is 6.48 Å². The Balaban J connectivity index is 1.12. The van der Waals surface area contributed by atoms with Gasteiger partial charge in [-0.05, 0) is 129 Å². The van der Waals surface area contributed by atoms with E-state index in [1.54, 1.807) is 11.1 Å². The van der Waals surface area contributed by atoms with E-state index in [2.05, 4.69) is 174 Å². The second-order valence-corrected chi connectivity index (χ2v) is 15.7. The van der Waals surface area contributed by atoms with Gasteiger partial charge < -0.3 is 9.80 Å². The fourth-order valence-corrected chi connectivity index (χ4v) is 11.3. The average molecular weight is 665 g/mol. The lowest BCUT2D eigenvalue weighted by Gasteiger charge is -2.45. The Morgan fingerprint density at radius 1 is 0.481 bits per heavy atom. The van der Waals surface area contributed by atoms with Gasteiger partial charge in [-0.3, -0.25) is 0 Å². The second-order valence-electron chi connectivity index (χ2n) is 15.7. The molecule has 2 aliphatic heterocycles. The summed E-state index contributed by atoms with van der Waals surface area (Å²) in [6.45, 7) is 0.127. The first-order valence-corrected chi connectivity index (χ1v) is 19.1. The van der Waals surface area contributed by atoms with Crippen molar-refractivity contribution in [1.29, 1.82) is 0 Å². The molecule has 0 aromatic heterocycles. The lowest BCUT2D eigenvalue weighted by molar-refractivity contribution is 0.327. The molecule has 52 heavy (non-hydrogen) atoms. The smallest absolute Gasteiger partial charge is 0.252 e. The summed E-state index contributed by atoms with van der Waals surface area (Å²) in [5.41, 5.74) is 20.4. The third-order valence-corrected chi connectivity index (χ3v) is 13.3. The van der Waals surface area contributed by atoms with Gasteiger partial charge >= 0.3 is 0 Å². The molecule has 3 unspecified atom stereocenters. The molecule has 12 rings (SSSR count). The molecule has 0 N–H and O–H groups in total. The van der Waals surface area contributed by atoms with Gasteiger partial charge in [0, 0.05) is 39.5 Å². The molecule has 2 heterocycles. The molecule has 2 bridgehead atoms. The third-order valence-electron chi connectivity index (χ3n) is 13.3. The number of nitrogens with zero attached hydrogens (tertiary/aromatic N) is 2. The first-order chi connectivity index (χ1) is 25.8. The summed E-state index contributed by atoms with van der Waals surface area (Å²) >= 11 is 0. The summed E-state index contributed by atoms with van der Waals surface area (Å²) in [4.78, 5) is 5.07. The SMILES string of the molecule is c1ccc(-c2ccc(N3c4ccccc4B4c5cc6c(cc5N(c5ccccc5)c5cccc3c54)-c3ccccc3C63CC4CCC3C4)cc2)cc1. The van der Waals surface area contributed by atoms with Crippen molar-refractivity contribution in [1.82, 2.24) is 0 Å². The maximum Gasteiger partial charge on any atom is 0.252 e. The summed E-state index contributed by atoms with van der Waals surface area (Å²) in [7, 11) is 0. The molecule has 7 aromatic carbocycles. The van der Waals surface area contributed by atoms with Gasteiger partial charge in [-0.2, -0.15) is 0 Å². The minimum Gasteiger partial charge on any atom is -0.311 e. The van der Waals surface area contributed by atoms with Gasteiger partial charge in [-0.25, -0.2) is 0 Å². The van der Waals surface area contributed by atoms with Crippen LogP contribution in [-0.2, 0) is 5.41 Å². The first-order valence-electron chi connectivity index (χ1n) is 19.1. The van der Waals surface area contributed by atoms with E-state index in [0.29, 0.717) is 0 Å². The molecule has 3 heteroatoms. The van der Waals surface area contributed by atoms with Crippen molar-refractivity contribution in [2.24, 2.45) is 11.8 Å². The van der Waals surface area contributed by atoms with Crippen LogP contribution in [-0.4, -0.2) is 6.71 Å². The number of para-hydroxylation sites is 2. The predicted octanol–water partition coefficient (Wildman–Crippen LogP) is 10.5. The highest BCUT2D eigenvalue weighted by atomic mass is 15.2. The quantitative estimate of drug-likeness (QED) is 0.174. The van der Waals surface area contributed by atoms with E-state index in [9.17, 15) is 0 Å². The van der Waals surface area contributed by atoms with Gasteiger partial charge in [0.05, 0.1) is 0 Å². The molecule has 0 saturated heterocycles. The standard InChI is InChI=1S/C49H37BN2/c1-3-12-33(13-4-1)34-23-26-37(27-24-34)51-44-19-10-9-18-42(44)50-43-30-41-39(38-16-7-8-17-40(38)49(41)31-32-22-25-35(49)28-32)29-47(43)52(36-14-5-2-6-15-36)46-21-11-20-45(51)48(46)50/h1-21,23-24,26-27,29-30,32,35H,22,25,28,31H2. The van der Waals surface area contributed by atoms with Crippen LogP contribution >= 0.6 is 0 Å². The summed E-state index contributed by atoms with van der Waals surface area (Å²) < 4.78 is 0. The first kappa shape index (κ1) is 28.9. The summed E-state index contributed by atoms with van der Waals surface area (Å²) in [5, 5.41) is 0. The molecule has 5 aliphatic rings. The monoisotopic (exact) mass is 664 g/mol. The Labute approximate surface area is 306 Å². The molecule has 246 valence electrons. The largest absolute Gasteiger partial charge is 0.311 e. The number of fused-ring (bicyclic) bond motifs is 12. The molecule has 7 aromatic rings. The van der Waals surface area contributed by atoms with Crippen molar-refractivity contribution < 1.29 is 0 Å². The second kappa shape index (κ2) is 10.6. The van der Waals surface area contributed by atoms with E-state index in [4.69, 9.17) is 0 Å². The van der Waals surface area contributed by atoms with Gasteiger partial charge in [-0.15, -0.1) is 0 Å². The maximum atomic E-state index is 2.70. The number of anilines is 6. The Hall–Kier alpha value is -5.80. The number of hydrogen-bond acceptors (Lipinski definition) is 2. The fourth-order valence-electron chi connectivity index (χ4n) is 11.3. The van der Waals surface area contributed by atoms with E-state index in [1.165, 1.54) is 98.4 Å². The maximum absolute atomic E-state index is 2.70. The van der Waals surface area contributed by atoms with Crippen molar-refractivity contribution in [3.8, 4) is 22.3 Å². The molecule has 2 fully saturated rings. The van der Waals surface area contributed by atoms with Crippen LogP contribution in [0.5, 0.6) is 0 Å². The van der Waals surface area contributed by atoms with E-state index >= 15 is 0 Å². The van der Waals surface area contributed by atoms with Crippen LogP contribution in [0.4, 0.5) is 34.1 Å². The molecular weight excluding hydrogens is 627 g/mol. The Bertz CT molecular complexity index is 2560. The zero-order valence-electron chi connectivity index (χ0n) is 29.0. The van der Waals surface area contributed by atoms with Crippen LogP contribution in [0.15, 0.2) is 164 Å². The molecule has 2 saturated carbocycles. The van der Waals surface area contributed by atoms with E-state index in [0.717, 1.165) is 11.8 Å². The van der Waals surface area contributed by atoms with Crippen LogP contribution < -0.4 is 26.2 Å². The number of hydrogen-bond donors (Lipinski definition) is 0. The van der Waals surface area contributed by atoms with Crippen LogP contribution in [0.3, 0.4) is 0 Å². The van der Waals surface area contributed by atoms with E-state index in [-0.39, 0.29) is 12.1 Å². The summed E-state index contributed by atoms with van der Waals surface area (Å²) in [6, 6.07) is 61.7. The van der Waals surface area contributed by atoms with Crippen molar-refractivity contribution in [2.75, 3.05) is 9.80 Å². The highest BCUT2D eigenvalue weighted by Gasteiger charge is 2.57. The number of benzene rings is 7. The van der Waals surface area contributed by atoms with Crippen molar-refractivity contribution in [3.63, 3.8) is 0 Å². The molecule has 3 atom stereocenters. The van der Waals surface area contributed by atoms with Gasteiger partial charge in [0.2, 0.25) is 0 Å². The lowest BCUT2D eigenvalue weighted by Crippen LogP contribution is -2.61. The zero-order chi connectivity index (χ0) is 34.0. The van der Waals surface area contributed by atoms with Crippen molar-refractivity contribution >= 4 is 57.2 Å². The summed E-state index contributed by atoms with van der Waals surface area (Å²) in [5.74, 6) is 1.56. The Morgan fingerprint density at radius 3 is 1.90 bits per heavy atom. The van der Waals surface area contributed by atoms with Crippen molar-refractivity contribution in [3.05, 3.63) is 175 Å². The summed E-state index contributed by atoms with van der Waals surface area (Å²) in [6.07, 6.45) is 5.41. The molecule has 3 aliphatic carbocycles. The van der Waals surface area contributed by atoms with Crippen LogP contribution in [0.2, 0.25) is 0 Å². The lowest BCUT2D eigenvalue weighted by atomic mass is 9.33. The highest BCUT2D eigenvalue weighted by molar-refractivity contribution is 7.00. The van der Waals surface area contributed by atoms with Crippen LogP contribution in [0.1, 0.15) is 36.8 Å². The van der Waals surface area contributed by atoms with Gasteiger partial charge in [-0.1, -0.05) is 122 Å². The van der Waals surface area contributed by atoms with Gasteiger partial charge in [0.1, 0.15) is 0 Å². The molecular formula is C49H37BN2. The minimum atomic E-state index is 0.127. The molecule has 0 amide bonds. The van der Waals surface area contributed by atoms with Crippen LogP contribution in [0.25, 0.3) is 22.3 Å². The third kappa shape index (κ3) is 3.76. The zero-order valence-corrected chi connectivity index (χ0v) is 29.0. The fraction of sp³-hybridized carbons (Fsp3) is 0.143. The van der Waals surface area contributed by atoms with Gasteiger partial charge in [0.15, 0.2) is 0 Å². The Morgan fingerprint density at radius 2 is 1.13 bits per heavy atom. The van der Waals surface area contributed by atoms with Crippen LogP contribution in [0, 0.1) is 11.8 Å². The average Bonchev–Trinajstić information content (AvgIpc) is 3.91. The normalized spacial score (nSPS) is 21.1. The van der Waals surface area contributed by atoms with E-state index in [1.807, 2.05) is 0 Å². The van der Waals surface area contributed by atoms with Gasteiger partial charge in [0.25, 0.3) is 6.71 Å². The Kier molecular flexibility index (Phi) is 5.89. The number of rotatable bonds is 3. The minimum absolute atomic E-state index is 0.127. The predicted molar refractivity (Wildman–Crippen MR) is 218 cm³/mol. The highest BCUT2D eigenvalue weighted by Crippen LogP contribution is 2.66. The van der Waals surface area contributed by atoms with Crippen molar-refractivity contribution in [2.45, 2.75) is 31.1 Å². The molecule has 2 nitrogen and oxygen atoms in total.